The van der Waals surface area contributed by atoms with E-state index < -0.39 is 24.7 Å². The number of Topliss-reactive ketones (excluding diaryl/α,β-unsaturated/α-hetero) is 1. The normalized spacial score (nSPS) is 11.8. The molecule has 0 heterocycles. The molecule has 0 bridgehead atoms. The van der Waals surface area contributed by atoms with Crippen molar-refractivity contribution >= 4 is 11.9 Å². The second-order valence-corrected chi connectivity index (χ2v) is 4.78. The summed E-state index contributed by atoms with van der Waals surface area (Å²) in [5, 5.41) is 9.52. The Bertz CT molecular complexity index is 452. The number of carbonyl (C=O) groups is 2. The molecule has 0 aromatic heterocycles. The molecule has 21 heavy (non-hydrogen) atoms. The minimum Gasteiger partial charge on any atom is -0.445 e. The first-order valence-electron chi connectivity index (χ1n) is 6.70. The Labute approximate surface area is 123 Å². The predicted molar refractivity (Wildman–Crippen MR) is 75.5 cm³/mol. The summed E-state index contributed by atoms with van der Waals surface area (Å²) in [6.07, 6.45) is -1.49. The highest BCUT2D eigenvalue weighted by Crippen LogP contribution is 2.05. The van der Waals surface area contributed by atoms with Gasteiger partial charge in [-0.25, -0.2) is 9.18 Å². The van der Waals surface area contributed by atoms with Gasteiger partial charge in [0.1, 0.15) is 13.3 Å². The third-order valence-corrected chi connectivity index (χ3v) is 2.93. The van der Waals surface area contributed by atoms with Crippen molar-refractivity contribution < 1.29 is 23.8 Å². The summed E-state index contributed by atoms with van der Waals surface area (Å²) < 4.78 is 17.1. The number of carbonyl (C=O) groups excluding carboxylic acids is 2. The Kier molecular flexibility index (Phi) is 7.39. The summed E-state index contributed by atoms with van der Waals surface area (Å²) in [5.41, 5.74) is 0.882. The lowest BCUT2D eigenvalue weighted by Crippen LogP contribution is -2.31. The van der Waals surface area contributed by atoms with E-state index in [4.69, 9.17) is 4.74 Å². The molecule has 0 aliphatic rings. The van der Waals surface area contributed by atoms with Crippen molar-refractivity contribution in [3.05, 3.63) is 35.9 Å². The lowest BCUT2D eigenvalue weighted by molar-refractivity contribution is -0.121. The largest absolute Gasteiger partial charge is 0.445 e. The predicted octanol–water partition coefficient (Wildman–Crippen LogP) is 1.93. The molecule has 1 atom stereocenters. The van der Waals surface area contributed by atoms with Gasteiger partial charge < -0.3 is 14.7 Å². The van der Waals surface area contributed by atoms with E-state index in [1.54, 1.807) is 0 Å². The maximum Gasteiger partial charge on any atom is 0.409 e. The van der Waals surface area contributed by atoms with E-state index in [1.165, 1.54) is 11.9 Å². The van der Waals surface area contributed by atoms with Crippen molar-refractivity contribution in [2.24, 2.45) is 0 Å². The van der Waals surface area contributed by atoms with Gasteiger partial charge in [0, 0.05) is 20.0 Å². The third kappa shape index (κ3) is 6.85. The van der Waals surface area contributed by atoms with Crippen molar-refractivity contribution in [1.82, 2.24) is 4.90 Å². The summed E-state index contributed by atoms with van der Waals surface area (Å²) in [7, 11) is 1.54. The number of aliphatic hydroxyl groups excluding tert-OH is 1. The number of hydrogen-bond donors (Lipinski definition) is 1. The molecular weight excluding hydrogens is 277 g/mol. The van der Waals surface area contributed by atoms with Crippen LogP contribution < -0.4 is 0 Å². The molecule has 0 aliphatic heterocycles. The second kappa shape index (κ2) is 9.07. The average Bonchev–Trinajstić information content (AvgIpc) is 2.51. The molecular formula is C15H20FNO4. The average molecular weight is 297 g/mol. The molecule has 5 nitrogen and oxygen atoms in total. The summed E-state index contributed by atoms with van der Waals surface area (Å²) in [6, 6.07) is 9.27. The van der Waals surface area contributed by atoms with Crippen molar-refractivity contribution in [3.63, 3.8) is 0 Å². The molecule has 0 saturated carbocycles. The van der Waals surface area contributed by atoms with Gasteiger partial charge in [-0.3, -0.25) is 4.79 Å². The number of amides is 1. The minimum absolute atomic E-state index is 0.174. The van der Waals surface area contributed by atoms with Crippen LogP contribution in [-0.2, 0) is 16.1 Å². The number of aliphatic hydroxyl groups is 1. The Morgan fingerprint density at radius 3 is 2.62 bits per heavy atom. The zero-order chi connectivity index (χ0) is 15.7. The summed E-state index contributed by atoms with van der Waals surface area (Å²) >= 11 is 0. The number of halogens is 1. The lowest BCUT2D eigenvalue weighted by Gasteiger charge is -2.18. The van der Waals surface area contributed by atoms with E-state index in [-0.39, 0.29) is 26.0 Å². The second-order valence-electron chi connectivity index (χ2n) is 4.78. The molecule has 1 amide bonds. The van der Waals surface area contributed by atoms with Gasteiger partial charge in [-0.05, 0) is 12.0 Å². The van der Waals surface area contributed by atoms with Gasteiger partial charge in [0.25, 0.3) is 0 Å². The van der Waals surface area contributed by atoms with Crippen molar-refractivity contribution in [2.75, 3.05) is 20.3 Å². The number of ketones is 1. The van der Waals surface area contributed by atoms with Crippen LogP contribution in [0.5, 0.6) is 0 Å². The van der Waals surface area contributed by atoms with Crippen LogP contribution in [0, 0.1) is 0 Å². The fourth-order valence-electron chi connectivity index (χ4n) is 1.68. The molecule has 116 valence electrons. The van der Waals surface area contributed by atoms with E-state index in [1.807, 2.05) is 30.3 Å². The fourth-order valence-corrected chi connectivity index (χ4v) is 1.68. The van der Waals surface area contributed by atoms with Gasteiger partial charge in [-0.2, -0.15) is 0 Å². The zero-order valence-corrected chi connectivity index (χ0v) is 12.0. The molecule has 0 spiro atoms. The van der Waals surface area contributed by atoms with Crippen molar-refractivity contribution in [1.29, 1.82) is 0 Å². The number of hydrogen-bond acceptors (Lipinski definition) is 4. The summed E-state index contributed by atoms with van der Waals surface area (Å²) in [6.45, 7) is -0.673. The minimum atomic E-state index is -1.08. The van der Waals surface area contributed by atoms with E-state index >= 15 is 0 Å². The van der Waals surface area contributed by atoms with E-state index in [0.717, 1.165) is 5.56 Å². The number of benzene rings is 1. The van der Waals surface area contributed by atoms with E-state index in [9.17, 15) is 19.1 Å². The monoisotopic (exact) mass is 297 g/mol. The van der Waals surface area contributed by atoms with Gasteiger partial charge in [-0.15, -0.1) is 0 Å². The van der Waals surface area contributed by atoms with Crippen LogP contribution in [0.4, 0.5) is 9.18 Å². The Morgan fingerprint density at radius 2 is 2.00 bits per heavy atom. The molecule has 0 fully saturated rings. The number of nitrogens with zero attached hydrogens (tertiary/aromatic N) is 1. The van der Waals surface area contributed by atoms with Gasteiger partial charge in [0.2, 0.25) is 0 Å². The lowest BCUT2D eigenvalue weighted by atomic mass is 10.1. The van der Waals surface area contributed by atoms with Crippen LogP contribution in [0.1, 0.15) is 18.4 Å². The fraction of sp³-hybridized carbons (Fsp3) is 0.467. The maximum atomic E-state index is 12.0. The zero-order valence-electron chi connectivity index (χ0n) is 12.0. The van der Waals surface area contributed by atoms with Gasteiger partial charge in [-0.1, -0.05) is 30.3 Å². The highest BCUT2D eigenvalue weighted by molar-refractivity contribution is 5.79. The van der Waals surface area contributed by atoms with Crippen LogP contribution in [0.2, 0.25) is 0 Å². The van der Waals surface area contributed by atoms with Gasteiger partial charge in [0.15, 0.2) is 5.78 Å². The van der Waals surface area contributed by atoms with Crippen molar-refractivity contribution in [2.45, 2.75) is 25.6 Å². The molecule has 1 aromatic carbocycles. The molecule has 0 aliphatic carbocycles. The van der Waals surface area contributed by atoms with E-state index in [0.29, 0.717) is 0 Å². The maximum absolute atomic E-state index is 12.0. The van der Waals surface area contributed by atoms with Crippen LogP contribution in [-0.4, -0.2) is 48.3 Å². The van der Waals surface area contributed by atoms with E-state index in [2.05, 4.69) is 0 Å². The highest BCUT2D eigenvalue weighted by atomic mass is 19.1. The van der Waals surface area contributed by atoms with Crippen LogP contribution >= 0.6 is 0 Å². The number of alkyl halides is 1. The first-order chi connectivity index (χ1) is 10.0. The van der Waals surface area contributed by atoms with Crippen molar-refractivity contribution in [3.8, 4) is 0 Å². The Morgan fingerprint density at radius 1 is 1.33 bits per heavy atom. The SMILES string of the molecule is CN(CCC(O)CC(=O)CF)C(=O)OCc1ccccc1. The van der Waals surface area contributed by atoms with Crippen LogP contribution in [0.15, 0.2) is 30.3 Å². The molecule has 6 heteroatoms. The Hall–Kier alpha value is -1.95. The van der Waals surface area contributed by atoms with Crippen LogP contribution in [0.25, 0.3) is 0 Å². The number of ether oxygens (including phenoxy) is 1. The quantitative estimate of drug-likeness (QED) is 0.796. The highest BCUT2D eigenvalue weighted by Gasteiger charge is 2.15. The smallest absolute Gasteiger partial charge is 0.409 e. The topological polar surface area (TPSA) is 66.8 Å². The summed E-state index contributed by atoms with van der Waals surface area (Å²) in [4.78, 5) is 23.8. The molecule has 1 unspecified atom stereocenters. The van der Waals surface area contributed by atoms with Crippen LogP contribution in [0.3, 0.4) is 0 Å². The van der Waals surface area contributed by atoms with Gasteiger partial charge >= 0.3 is 6.09 Å². The number of rotatable bonds is 8. The molecule has 0 saturated heterocycles. The first-order valence-corrected chi connectivity index (χ1v) is 6.70. The summed E-state index contributed by atoms with van der Waals surface area (Å²) in [5.74, 6) is -0.642. The molecule has 1 aromatic rings. The first kappa shape index (κ1) is 17.1. The molecule has 1 rings (SSSR count). The third-order valence-electron chi connectivity index (χ3n) is 2.93. The standard InChI is InChI=1S/C15H20FNO4/c1-17(8-7-13(18)9-14(19)10-16)15(20)21-11-12-5-3-2-4-6-12/h2-6,13,18H,7-11H2,1H3. The molecule has 0 radical (unpaired) electrons. The molecule has 1 N–H and O–H groups in total. The Balaban J connectivity index is 2.26. The van der Waals surface area contributed by atoms with Gasteiger partial charge in [0.05, 0.1) is 6.10 Å².